The lowest BCUT2D eigenvalue weighted by atomic mass is 9.93. The van der Waals surface area contributed by atoms with Gasteiger partial charge in [0.1, 0.15) is 11.5 Å². The summed E-state index contributed by atoms with van der Waals surface area (Å²) in [4.78, 5) is 12.9. The van der Waals surface area contributed by atoms with Crippen LogP contribution in [0.3, 0.4) is 0 Å². The predicted octanol–water partition coefficient (Wildman–Crippen LogP) is 2.93. The topological polar surface area (TPSA) is 58.4 Å². The Morgan fingerprint density at radius 3 is 2.95 bits per heavy atom. The van der Waals surface area contributed by atoms with Crippen LogP contribution in [0.4, 0.5) is 15.8 Å². The van der Waals surface area contributed by atoms with E-state index in [9.17, 15) is 14.5 Å². The number of hydrogen-bond acceptors (Lipinski definition) is 4. The van der Waals surface area contributed by atoms with Crippen LogP contribution in [0.15, 0.2) is 16.6 Å². The molecule has 2 heterocycles. The van der Waals surface area contributed by atoms with Gasteiger partial charge in [0.25, 0.3) is 5.69 Å². The molecule has 0 amide bonds. The highest BCUT2D eigenvalue weighted by molar-refractivity contribution is 9.10. The summed E-state index contributed by atoms with van der Waals surface area (Å²) in [5, 5.41) is 14.7. The first-order valence-corrected chi connectivity index (χ1v) is 7.93. The second-order valence-electron chi connectivity index (χ2n) is 5.72. The largest absolute Gasteiger partial charge is 0.362 e. The molecule has 5 nitrogen and oxygen atoms in total. The molecular formula is C14H17BrFN3O2. The van der Waals surface area contributed by atoms with Crippen LogP contribution in [-0.2, 0) is 0 Å². The van der Waals surface area contributed by atoms with Crippen molar-refractivity contribution in [2.24, 2.45) is 11.8 Å². The molecule has 21 heavy (non-hydrogen) atoms. The quantitative estimate of drug-likeness (QED) is 0.667. The molecule has 1 aromatic carbocycles. The lowest BCUT2D eigenvalue weighted by Crippen LogP contribution is -2.35. The fourth-order valence-corrected chi connectivity index (χ4v) is 4.06. The molecule has 0 radical (unpaired) electrons. The van der Waals surface area contributed by atoms with Crippen LogP contribution >= 0.6 is 15.9 Å². The Balaban J connectivity index is 2.03. The molecule has 3 unspecified atom stereocenters. The average molecular weight is 358 g/mol. The van der Waals surface area contributed by atoms with Crippen molar-refractivity contribution < 1.29 is 9.31 Å². The van der Waals surface area contributed by atoms with E-state index < -0.39 is 10.7 Å². The minimum absolute atomic E-state index is 0.151. The molecular weight excluding hydrogens is 341 g/mol. The Morgan fingerprint density at radius 2 is 2.29 bits per heavy atom. The first-order valence-electron chi connectivity index (χ1n) is 7.13. The van der Waals surface area contributed by atoms with Crippen LogP contribution in [0.1, 0.15) is 13.3 Å². The number of fused-ring (bicyclic) bond motifs is 1. The molecule has 114 valence electrons. The number of halogens is 2. The van der Waals surface area contributed by atoms with Gasteiger partial charge in [-0.2, -0.15) is 0 Å². The van der Waals surface area contributed by atoms with E-state index in [0.717, 1.165) is 32.1 Å². The first kappa shape index (κ1) is 14.7. The minimum Gasteiger partial charge on any atom is -0.362 e. The summed E-state index contributed by atoms with van der Waals surface area (Å²) in [6.07, 6.45) is 0.926. The van der Waals surface area contributed by atoms with Gasteiger partial charge in [-0.15, -0.1) is 0 Å². The Labute approximate surface area is 130 Å². The average Bonchev–Trinajstić information content (AvgIpc) is 3.00. The van der Waals surface area contributed by atoms with Crippen molar-refractivity contribution in [3.63, 3.8) is 0 Å². The minimum atomic E-state index is -0.598. The van der Waals surface area contributed by atoms with Crippen molar-refractivity contribution in [2.75, 3.05) is 24.5 Å². The van der Waals surface area contributed by atoms with Crippen molar-refractivity contribution in [3.05, 3.63) is 32.5 Å². The first-order chi connectivity index (χ1) is 10.0. The Kier molecular flexibility index (Phi) is 3.88. The lowest BCUT2D eigenvalue weighted by Gasteiger charge is -2.28. The van der Waals surface area contributed by atoms with Gasteiger partial charge in [0, 0.05) is 25.7 Å². The molecule has 0 saturated carbocycles. The van der Waals surface area contributed by atoms with Gasteiger partial charge in [-0.25, -0.2) is 4.39 Å². The number of nitrogens with zero attached hydrogens (tertiary/aromatic N) is 2. The summed E-state index contributed by atoms with van der Waals surface area (Å²) in [6, 6.07) is 2.82. The molecule has 0 aromatic heterocycles. The summed E-state index contributed by atoms with van der Waals surface area (Å²) < 4.78 is 13.9. The maximum Gasteiger partial charge on any atom is 0.295 e. The monoisotopic (exact) mass is 357 g/mol. The predicted molar refractivity (Wildman–Crippen MR) is 82.0 cm³/mol. The molecule has 1 aromatic rings. The number of nitro benzene ring substituents is 1. The fourth-order valence-electron chi connectivity index (χ4n) is 3.73. The van der Waals surface area contributed by atoms with Crippen molar-refractivity contribution >= 4 is 27.3 Å². The van der Waals surface area contributed by atoms with Crippen LogP contribution in [0, 0.1) is 27.8 Å². The molecule has 0 spiro atoms. The van der Waals surface area contributed by atoms with Gasteiger partial charge in [0.15, 0.2) is 0 Å². The van der Waals surface area contributed by atoms with Gasteiger partial charge in [0.2, 0.25) is 0 Å². The highest BCUT2D eigenvalue weighted by Crippen LogP contribution is 2.42. The number of hydrogen-bond donors (Lipinski definition) is 1. The molecule has 0 bridgehead atoms. The molecule has 7 heteroatoms. The van der Waals surface area contributed by atoms with Crippen molar-refractivity contribution in [3.8, 4) is 0 Å². The third-order valence-electron chi connectivity index (χ3n) is 4.66. The zero-order valence-electron chi connectivity index (χ0n) is 11.7. The lowest BCUT2D eigenvalue weighted by molar-refractivity contribution is -0.384. The summed E-state index contributed by atoms with van der Waals surface area (Å²) in [5.41, 5.74) is 0.372. The zero-order valence-corrected chi connectivity index (χ0v) is 13.3. The van der Waals surface area contributed by atoms with Crippen LogP contribution in [0.25, 0.3) is 0 Å². The number of rotatable bonds is 3. The van der Waals surface area contributed by atoms with Crippen LogP contribution in [0.5, 0.6) is 0 Å². The highest BCUT2D eigenvalue weighted by atomic mass is 79.9. The van der Waals surface area contributed by atoms with E-state index in [-0.39, 0.29) is 16.2 Å². The summed E-state index contributed by atoms with van der Waals surface area (Å²) in [6.45, 7) is 4.79. The summed E-state index contributed by atoms with van der Waals surface area (Å²) in [7, 11) is 0. The summed E-state index contributed by atoms with van der Waals surface area (Å²) in [5.74, 6) is 0.427. The Bertz CT molecular complexity index is 584. The second kappa shape index (κ2) is 5.53. The number of benzene rings is 1. The van der Waals surface area contributed by atoms with Crippen LogP contribution < -0.4 is 10.2 Å². The van der Waals surface area contributed by atoms with E-state index in [1.807, 2.05) is 0 Å². The maximum absolute atomic E-state index is 13.6. The molecule has 1 N–H and O–H groups in total. The molecule has 0 aliphatic carbocycles. The van der Waals surface area contributed by atoms with Gasteiger partial charge in [-0.1, -0.05) is 6.92 Å². The molecule has 3 rings (SSSR count). The Morgan fingerprint density at radius 1 is 1.52 bits per heavy atom. The third kappa shape index (κ3) is 2.42. The van der Waals surface area contributed by atoms with Crippen molar-refractivity contribution in [2.45, 2.75) is 19.4 Å². The molecule has 2 aliphatic heterocycles. The van der Waals surface area contributed by atoms with Crippen molar-refractivity contribution in [1.29, 1.82) is 0 Å². The van der Waals surface area contributed by atoms with Gasteiger partial charge < -0.3 is 10.2 Å². The van der Waals surface area contributed by atoms with Crippen molar-refractivity contribution in [1.82, 2.24) is 5.32 Å². The Hall–Kier alpha value is -1.21. The van der Waals surface area contributed by atoms with E-state index in [4.69, 9.17) is 0 Å². The maximum atomic E-state index is 13.6. The summed E-state index contributed by atoms with van der Waals surface area (Å²) >= 11 is 3.14. The van der Waals surface area contributed by atoms with Gasteiger partial charge >= 0.3 is 0 Å². The van der Waals surface area contributed by atoms with E-state index in [1.54, 1.807) is 6.07 Å². The fraction of sp³-hybridized carbons (Fsp3) is 0.571. The van der Waals surface area contributed by atoms with E-state index >= 15 is 0 Å². The molecule has 3 atom stereocenters. The SMILES string of the molecule is CCC1C2CNCC2CN1c1cc(Br)c(F)cc1[N+](=O)[O-]. The normalized spacial score (nSPS) is 28.0. The van der Waals surface area contributed by atoms with Gasteiger partial charge in [-0.3, -0.25) is 10.1 Å². The van der Waals surface area contributed by atoms with Crippen LogP contribution in [-0.4, -0.2) is 30.6 Å². The van der Waals surface area contributed by atoms with Crippen LogP contribution in [0.2, 0.25) is 0 Å². The smallest absolute Gasteiger partial charge is 0.295 e. The standard InChI is InChI=1S/C14H17BrFN3O2/c1-2-12-9-6-17-5-8(9)7-18(12)13-3-10(15)11(16)4-14(13)19(20)21/h3-4,8-9,12,17H,2,5-7H2,1H3. The number of nitrogens with one attached hydrogen (secondary N) is 1. The van der Waals surface area contributed by atoms with E-state index in [2.05, 4.69) is 33.1 Å². The van der Waals surface area contributed by atoms with E-state index in [0.29, 0.717) is 17.5 Å². The highest BCUT2D eigenvalue weighted by Gasteiger charge is 2.44. The molecule has 2 fully saturated rings. The second-order valence-corrected chi connectivity index (χ2v) is 6.58. The van der Waals surface area contributed by atoms with Gasteiger partial charge in [0.05, 0.1) is 15.5 Å². The molecule has 2 aliphatic rings. The van der Waals surface area contributed by atoms with E-state index in [1.165, 1.54) is 0 Å². The number of nitro groups is 1. The molecule has 2 saturated heterocycles. The zero-order chi connectivity index (χ0) is 15.1. The van der Waals surface area contributed by atoms with Gasteiger partial charge in [-0.05, 0) is 40.3 Å². The third-order valence-corrected chi connectivity index (χ3v) is 5.27. The number of anilines is 1.